The number of hydrogen-bond acceptors (Lipinski definition) is 5. The Morgan fingerprint density at radius 3 is 3.04 bits per heavy atom. The molecule has 5 nitrogen and oxygen atoms in total. The molecule has 1 aliphatic heterocycles. The van der Waals surface area contributed by atoms with Crippen LogP contribution < -0.4 is 5.56 Å². The van der Waals surface area contributed by atoms with Crippen molar-refractivity contribution in [1.82, 2.24) is 14.5 Å². The van der Waals surface area contributed by atoms with Crippen molar-refractivity contribution in [3.63, 3.8) is 0 Å². The zero-order chi connectivity index (χ0) is 17.6. The number of aryl methyl sites for hydroxylation is 3. The van der Waals surface area contributed by atoms with Crippen molar-refractivity contribution in [2.75, 3.05) is 6.54 Å². The van der Waals surface area contributed by atoms with E-state index in [0.717, 1.165) is 28.2 Å². The Labute approximate surface area is 153 Å². The lowest BCUT2D eigenvalue weighted by atomic mass is 10.1. The molecule has 0 aliphatic carbocycles. The van der Waals surface area contributed by atoms with Crippen LogP contribution in [0.15, 0.2) is 22.6 Å². The highest BCUT2D eigenvalue weighted by Crippen LogP contribution is 2.26. The Morgan fingerprint density at radius 2 is 2.20 bits per heavy atom. The SMILES string of the molecule is Cc1sc2ncn(CCC(=O)N3CCc4sccc4C3)c(=O)c2c1C. The Morgan fingerprint density at radius 1 is 1.36 bits per heavy atom. The lowest BCUT2D eigenvalue weighted by molar-refractivity contribution is -0.132. The predicted octanol–water partition coefficient (Wildman–Crippen LogP) is 3.11. The summed E-state index contributed by atoms with van der Waals surface area (Å²) in [6, 6.07) is 2.10. The Kier molecular flexibility index (Phi) is 4.21. The fourth-order valence-electron chi connectivity index (χ4n) is 3.26. The first-order valence-corrected chi connectivity index (χ1v) is 10.0. The van der Waals surface area contributed by atoms with Gasteiger partial charge < -0.3 is 4.90 Å². The number of thiophene rings is 2. The van der Waals surface area contributed by atoms with Crippen molar-refractivity contribution in [1.29, 1.82) is 0 Å². The number of rotatable bonds is 3. The van der Waals surface area contributed by atoms with Crippen molar-refractivity contribution < 1.29 is 4.79 Å². The summed E-state index contributed by atoms with van der Waals surface area (Å²) in [4.78, 5) is 34.8. The minimum absolute atomic E-state index is 0.0431. The van der Waals surface area contributed by atoms with E-state index in [1.165, 1.54) is 10.4 Å². The number of amides is 1. The molecule has 3 aromatic rings. The van der Waals surface area contributed by atoms with Gasteiger partial charge in [0, 0.05) is 35.8 Å². The molecule has 0 aromatic carbocycles. The summed E-state index contributed by atoms with van der Waals surface area (Å²) < 4.78 is 1.57. The molecule has 0 bridgehead atoms. The molecule has 0 spiro atoms. The van der Waals surface area contributed by atoms with Crippen molar-refractivity contribution >= 4 is 38.8 Å². The molecule has 0 atom stereocenters. The van der Waals surface area contributed by atoms with Crippen LogP contribution >= 0.6 is 22.7 Å². The van der Waals surface area contributed by atoms with Crippen LogP contribution in [0, 0.1) is 13.8 Å². The summed E-state index contributed by atoms with van der Waals surface area (Å²) >= 11 is 3.31. The highest BCUT2D eigenvalue weighted by Gasteiger charge is 2.21. The standard InChI is InChI=1S/C18H19N3O2S2/c1-11-12(2)25-17-16(11)18(23)21(10-19-17)7-4-15(22)20-6-3-14-13(9-20)5-8-24-14/h5,8,10H,3-4,6-7,9H2,1-2H3. The molecular formula is C18H19N3O2S2. The van der Waals surface area contributed by atoms with Crippen LogP contribution in [0.3, 0.4) is 0 Å². The molecule has 0 unspecified atom stereocenters. The van der Waals surface area contributed by atoms with Gasteiger partial charge in [-0.15, -0.1) is 22.7 Å². The first-order valence-electron chi connectivity index (χ1n) is 8.32. The molecule has 3 aromatic heterocycles. The fourth-order valence-corrected chi connectivity index (χ4v) is 5.14. The Balaban J connectivity index is 1.49. The zero-order valence-corrected chi connectivity index (χ0v) is 15.9. The van der Waals surface area contributed by atoms with Crippen LogP contribution in [0.1, 0.15) is 27.3 Å². The molecule has 0 saturated carbocycles. The normalized spacial score (nSPS) is 14.1. The van der Waals surface area contributed by atoms with E-state index in [4.69, 9.17) is 0 Å². The topological polar surface area (TPSA) is 55.2 Å². The Hall–Kier alpha value is -1.99. The first-order chi connectivity index (χ1) is 12.0. The quantitative estimate of drug-likeness (QED) is 0.709. The summed E-state index contributed by atoms with van der Waals surface area (Å²) in [5.41, 5.74) is 2.21. The molecule has 25 heavy (non-hydrogen) atoms. The number of fused-ring (bicyclic) bond motifs is 2. The minimum Gasteiger partial charge on any atom is -0.338 e. The average molecular weight is 374 g/mol. The maximum absolute atomic E-state index is 12.7. The summed E-state index contributed by atoms with van der Waals surface area (Å²) in [6.07, 6.45) is 2.83. The highest BCUT2D eigenvalue weighted by molar-refractivity contribution is 7.18. The number of carbonyl (C=O) groups excluding carboxylic acids is 1. The molecule has 1 aliphatic rings. The van der Waals surface area contributed by atoms with Crippen LogP contribution in [0.5, 0.6) is 0 Å². The molecule has 4 rings (SSSR count). The second kappa shape index (κ2) is 6.38. The van der Waals surface area contributed by atoms with Gasteiger partial charge in [-0.05, 0) is 42.8 Å². The van der Waals surface area contributed by atoms with E-state index in [-0.39, 0.29) is 11.5 Å². The number of hydrogen-bond donors (Lipinski definition) is 0. The molecule has 0 radical (unpaired) electrons. The molecule has 0 N–H and O–H groups in total. The van der Waals surface area contributed by atoms with Gasteiger partial charge >= 0.3 is 0 Å². The second-order valence-corrected chi connectivity index (χ2v) is 8.59. The summed E-state index contributed by atoms with van der Waals surface area (Å²) in [7, 11) is 0. The third kappa shape index (κ3) is 2.91. The average Bonchev–Trinajstić information content (AvgIpc) is 3.18. The van der Waals surface area contributed by atoms with Crippen LogP contribution in [0.2, 0.25) is 0 Å². The summed E-state index contributed by atoms with van der Waals surface area (Å²) in [6.45, 7) is 5.79. The second-order valence-electron chi connectivity index (χ2n) is 6.39. The van der Waals surface area contributed by atoms with Gasteiger partial charge in [0.05, 0.1) is 11.7 Å². The van der Waals surface area contributed by atoms with E-state index < -0.39 is 0 Å². The van der Waals surface area contributed by atoms with Gasteiger partial charge in [-0.3, -0.25) is 14.2 Å². The van der Waals surface area contributed by atoms with Gasteiger partial charge in [0.15, 0.2) is 0 Å². The van der Waals surface area contributed by atoms with Crippen LogP contribution in [0.4, 0.5) is 0 Å². The van der Waals surface area contributed by atoms with Gasteiger partial charge in [-0.2, -0.15) is 0 Å². The lowest BCUT2D eigenvalue weighted by Crippen LogP contribution is -2.36. The first kappa shape index (κ1) is 16.5. The van der Waals surface area contributed by atoms with Crippen molar-refractivity contribution in [3.8, 4) is 0 Å². The van der Waals surface area contributed by atoms with Crippen molar-refractivity contribution in [3.05, 3.63) is 49.0 Å². The number of nitrogens with zero attached hydrogens (tertiary/aromatic N) is 3. The van der Waals surface area contributed by atoms with Gasteiger partial charge in [0.2, 0.25) is 5.91 Å². The molecule has 4 heterocycles. The van der Waals surface area contributed by atoms with E-state index in [0.29, 0.717) is 24.9 Å². The fraction of sp³-hybridized carbons (Fsp3) is 0.389. The predicted molar refractivity (Wildman–Crippen MR) is 101 cm³/mol. The van der Waals surface area contributed by atoms with E-state index in [9.17, 15) is 9.59 Å². The maximum atomic E-state index is 12.7. The molecule has 1 amide bonds. The highest BCUT2D eigenvalue weighted by atomic mass is 32.1. The number of carbonyl (C=O) groups is 1. The monoisotopic (exact) mass is 373 g/mol. The molecule has 130 valence electrons. The Bertz CT molecular complexity index is 1020. The van der Waals surface area contributed by atoms with Crippen LogP contribution in [-0.2, 0) is 24.3 Å². The van der Waals surface area contributed by atoms with Gasteiger partial charge in [0.25, 0.3) is 5.56 Å². The van der Waals surface area contributed by atoms with E-state index in [1.54, 1.807) is 33.6 Å². The van der Waals surface area contributed by atoms with Crippen molar-refractivity contribution in [2.24, 2.45) is 0 Å². The third-order valence-corrected chi connectivity index (χ3v) is 7.02. The van der Waals surface area contributed by atoms with E-state index in [1.807, 2.05) is 18.7 Å². The molecule has 0 saturated heterocycles. The van der Waals surface area contributed by atoms with Gasteiger partial charge in [-0.1, -0.05) is 0 Å². The molecular weight excluding hydrogens is 354 g/mol. The maximum Gasteiger partial charge on any atom is 0.262 e. The number of aromatic nitrogens is 2. The van der Waals surface area contributed by atoms with Gasteiger partial charge in [-0.25, -0.2) is 4.98 Å². The van der Waals surface area contributed by atoms with E-state index in [2.05, 4.69) is 16.4 Å². The zero-order valence-electron chi connectivity index (χ0n) is 14.2. The smallest absolute Gasteiger partial charge is 0.262 e. The summed E-state index contributed by atoms with van der Waals surface area (Å²) in [5.74, 6) is 0.0991. The van der Waals surface area contributed by atoms with Crippen LogP contribution in [0.25, 0.3) is 10.2 Å². The van der Waals surface area contributed by atoms with Crippen molar-refractivity contribution in [2.45, 2.75) is 39.8 Å². The van der Waals surface area contributed by atoms with Crippen LogP contribution in [-0.4, -0.2) is 26.9 Å². The summed E-state index contributed by atoms with van der Waals surface area (Å²) in [5, 5.41) is 2.78. The third-order valence-electron chi connectivity index (χ3n) is 4.88. The van der Waals surface area contributed by atoms with Gasteiger partial charge in [0.1, 0.15) is 4.83 Å². The minimum atomic E-state index is -0.0431. The lowest BCUT2D eigenvalue weighted by Gasteiger charge is -2.27. The molecule has 7 heteroatoms. The largest absolute Gasteiger partial charge is 0.338 e. The molecule has 0 fully saturated rings. The van der Waals surface area contributed by atoms with E-state index >= 15 is 0 Å².